The van der Waals surface area contributed by atoms with Crippen molar-refractivity contribution in [1.82, 2.24) is 4.98 Å². The Morgan fingerprint density at radius 3 is 2.47 bits per heavy atom. The standard InChI is InChI=1S/C13H16N2O2S2/c1-15(9-7-13-14-8-10-18-13)11-3-5-12(6-4-11)19(2,16)17/h3-6,8,10H,7,9H2,1-2H3. The van der Waals surface area contributed by atoms with E-state index in [9.17, 15) is 8.42 Å². The van der Waals surface area contributed by atoms with Crippen molar-refractivity contribution in [3.05, 3.63) is 40.8 Å². The zero-order valence-corrected chi connectivity index (χ0v) is 12.5. The van der Waals surface area contributed by atoms with E-state index in [0.29, 0.717) is 4.90 Å². The Kier molecular flexibility index (Phi) is 4.21. The van der Waals surface area contributed by atoms with E-state index in [1.165, 1.54) is 6.26 Å². The molecule has 0 saturated carbocycles. The highest BCUT2D eigenvalue weighted by Gasteiger charge is 2.08. The molecule has 1 aromatic heterocycles. The number of hydrogen-bond donors (Lipinski definition) is 0. The van der Waals surface area contributed by atoms with Gasteiger partial charge in [-0.2, -0.15) is 0 Å². The predicted molar refractivity (Wildman–Crippen MR) is 78.6 cm³/mol. The lowest BCUT2D eigenvalue weighted by molar-refractivity contribution is 0.602. The second kappa shape index (κ2) is 5.71. The molecule has 0 fully saturated rings. The molecule has 2 rings (SSSR count). The number of rotatable bonds is 5. The van der Waals surface area contributed by atoms with Gasteiger partial charge in [0.2, 0.25) is 0 Å². The van der Waals surface area contributed by atoms with Gasteiger partial charge in [0.25, 0.3) is 0 Å². The van der Waals surface area contributed by atoms with Crippen LogP contribution in [0.4, 0.5) is 5.69 Å². The monoisotopic (exact) mass is 296 g/mol. The molecule has 0 bridgehead atoms. The average molecular weight is 296 g/mol. The molecule has 0 atom stereocenters. The van der Waals surface area contributed by atoms with E-state index < -0.39 is 9.84 Å². The smallest absolute Gasteiger partial charge is 0.175 e. The summed E-state index contributed by atoms with van der Waals surface area (Å²) < 4.78 is 22.7. The minimum Gasteiger partial charge on any atom is -0.374 e. The van der Waals surface area contributed by atoms with Crippen LogP contribution < -0.4 is 4.90 Å². The molecule has 0 N–H and O–H groups in total. The van der Waals surface area contributed by atoms with E-state index in [-0.39, 0.29) is 0 Å². The number of anilines is 1. The molecule has 0 saturated heterocycles. The van der Waals surface area contributed by atoms with Gasteiger partial charge in [-0.25, -0.2) is 13.4 Å². The fraction of sp³-hybridized carbons (Fsp3) is 0.308. The van der Waals surface area contributed by atoms with E-state index in [1.54, 1.807) is 29.7 Å². The normalized spacial score (nSPS) is 11.5. The molecule has 0 amide bonds. The van der Waals surface area contributed by atoms with Crippen LogP contribution in [0.1, 0.15) is 5.01 Å². The molecule has 0 aliphatic carbocycles. The Hall–Kier alpha value is -1.40. The van der Waals surface area contributed by atoms with Gasteiger partial charge < -0.3 is 4.90 Å². The van der Waals surface area contributed by atoms with Gasteiger partial charge in [0.15, 0.2) is 9.84 Å². The Balaban J connectivity index is 2.01. The molecule has 102 valence electrons. The summed E-state index contributed by atoms with van der Waals surface area (Å²) >= 11 is 1.65. The summed E-state index contributed by atoms with van der Waals surface area (Å²) in [4.78, 5) is 6.68. The molecular formula is C13H16N2O2S2. The van der Waals surface area contributed by atoms with Crippen molar-refractivity contribution in [3.8, 4) is 0 Å². The summed E-state index contributed by atoms with van der Waals surface area (Å²) in [6.45, 7) is 0.853. The van der Waals surface area contributed by atoms with Gasteiger partial charge in [0, 0.05) is 43.5 Å². The van der Waals surface area contributed by atoms with Crippen molar-refractivity contribution in [1.29, 1.82) is 0 Å². The van der Waals surface area contributed by atoms with Crippen molar-refractivity contribution < 1.29 is 8.42 Å². The number of aromatic nitrogens is 1. The Morgan fingerprint density at radius 1 is 1.26 bits per heavy atom. The van der Waals surface area contributed by atoms with Gasteiger partial charge in [-0.3, -0.25) is 0 Å². The second-order valence-corrected chi connectivity index (χ2v) is 7.36. The third kappa shape index (κ3) is 3.78. The number of sulfone groups is 1. The van der Waals surface area contributed by atoms with Crippen LogP contribution in [-0.2, 0) is 16.3 Å². The molecule has 2 aromatic rings. The highest BCUT2D eigenvalue weighted by molar-refractivity contribution is 7.90. The van der Waals surface area contributed by atoms with Crippen LogP contribution in [0.5, 0.6) is 0 Å². The first-order chi connectivity index (χ1) is 8.97. The lowest BCUT2D eigenvalue weighted by Gasteiger charge is -2.18. The Bertz CT molecular complexity index is 619. The van der Waals surface area contributed by atoms with Crippen molar-refractivity contribution in [3.63, 3.8) is 0 Å². The van der Waals surface area contributed by atoms with E-state index in [2.05, 4.69) is 9.88 Å². The zero-order valence-electron chi connectivity index (χ0n) is 10.9. The number of nitrogens with zero attached hydrogens (tertiary/aromatic N) is 2. The molecular weight excluding hydrogens is 280 g/mol. The summed E-state index contributed by atoms with van der Waals surface area (Å²) in [5.74, 6) is 0. The number of thiazole rings is 1. The fourth-order valence-corrected chi connectivity index (χ4v) is 2.96. The van der Waals surface area contributed by atoms with Crippen molar-refractivity contribution in [2.45, 2.75) is 11.3 Å². The molecule has 0 aliphatic heterocycles. The van der Waals surface area contributed by atoms with Gasteiger partial charge in [0.1, 0.15) is 0 Å². The van der Waals surface area contributed by atoms with Crippen LogP contribution in [0.3, 0.4) is 0 Å². The Morgan fingerprint density at radius 2 is 1.95 bits per heavy atom. The number of hydrogen-bond acceptors (Lipinski definition) is 5. The van der Waals surface area contributed by atoms with Crippen LogP contribution >= 0.6 is 11.3 Å². The van der Waals surface area contributed by atoms with E-state index in [4.69, 9.17) is 0 Å². The molecule has 4 nitrogen and oxygen atoms in total. The van der Waals surface area contributed by atoms with Crippen molar-refractivity contribution in [2.75, 3.05) is 24.7 Å². The molecule has 1 heterocycles. The highest BCUT2D eigenvalue weighted by Crippen LogP contribution is 2.17. The third-order valence-corrected chi connectivity index (χ3v) is 4.82. The summed E-state index contributed by atoms with van der Waals surface area (Å²) in [6, 6.07) is 6.95. The van der Waals surface area contributed by atoms with Gasteiger partial charge >= 0.3 is 0 Å². The molecule has 0 aliphatic rings. The molecule has 1 aromatic carbocycles. The average Bonchev–Trinajstić information content (AvgIpc) is 2.88. The van der Waals surface area contributed by atoms with E-state index in [1.807, 2.05) is 24.6 Å². The highest BCUT2D eigenvalue weighted by atomic mass is 32.2. The molecule has 0 radical (unpaired) electrons. The molecule has 0 unspecified atom stereocenters. The molecule has 6 heteroatoms. The third-order valence-electron chi connectivity index (χ3n) is 2.85. The quantitative estimate of drug-likeness (QED) is 0.849. The minimum atomic E-state index is -3.12. The lowest BCUT2D eigenvalue weighted by atomic mass is 10.3. The van der Waals surface area contributed by atoms with Crippen LogP contribution in [-0.4, -0.2) is 33.2 Å². The van der Waals surface area contributed by atoms with Crippen LogP contribution in [0.2, 0.25) is 0 Å². The second-order valence-electron chi connectivity index (χ2n) is 4.36. The number of benzene rings is 1. The first-order valence-corrected chi connectivity index (χ1v) is 8.63. The first-order valence-electron chi connectivity index (χ1n) is 5.86. The zero-order chi connectivity index (χ0) is 13.9. The van der Waals surface area contributed by atoms with Gasteiger partial charge in [-0.05, 0) is 24.3 Å². The van der Waals surface area contributed by atoms with Crippen molar-refractivity contribution in [2.24, 2.45) is 0 Å². The summed E-state index contributed by atoms with van der Waals surface area (Å²) in [7, 11) is -1.13. The van der Waals surface area contributed by atoms with Crippen LogP contribution in [0.25, 0.3) is 0 Å². The summed E-state index contributed by atoms with van der Waals surface area (Å²) in [6.07, 6.45) is 3.91. The predicted octanol–water partition coefficient (Wildman–Crippen LogP) is 2.23. The lowest BCUT2D eigenvalue weighted by Crippen LogP contribution is -2.20. The van der Waals surface area contributed by atoms with Gasteiger partial charge in [-0.15, -0.1) is 11.3 Å². The fourth-order valence-electron chi connectivity index (χ4n) is 1.72. The largest absolute Gasteiger partial charge is 0.374 e. The SMILES string of the molecule is CN(CCc1nccs1)c1ccc(S(C)(=O)=O)cc1. The van der Waals surface area contributed by atoms with Gasteiger partial charge in [-0.1, -0.05) is 0 Å². The molecule has 0 spiro atoms. The summed E-state index contributed by atoms with van der Waals surface area (Å²) in [5, 5.41) is 3.08. The van der Waals surface area contributed by atoms with Crippen LogP contribution in [0, 0.1) is 0 Å². The Labute approximate surface area is 117 Å². The topological polar surface area (TPSA) is 50.3 Å². The first kappa shape index (κ1) is 14.0. The molecule has 19 heavy (non-hydrogen) atoms. The van der Waals surface area contributed by atoms with Crippen molar-refractivity contribution >= 4 is 26.9 Å². The minimum absolute atomic E-state index is 0.351. The van der Waals surface area contributed by atoms with E-state index >= 15 is 0 Å². The maximum Gasteiger partial charge on any atom is 0.175 e. The number of likely N-dealkylation sites (N-methyl/N-ethyl adjacent to an activating group) is 1. The summed E-state index contributed by atoms with van der Waals surface area (Å²) in [5.41, 5.74) is 1.00. The maximum atomic E-state index is 11.4. The van der Waals surface area contributed by atoms with Gasteiger partial charge in [0.05, 0.1) is 9.90 Å². The van der Waals surface area contributed by atoms with E-state index in [0.717, 1.165) is 23.7 Å². The maximum absolute atomic E-state index is 11.4. The van der Waals surface area contributed by atoms with Crippen LogP contribution in [0.15, 0.2) is 40.7 Å².